The van der Waals surface area contributed by atoms with Gasteiger partial charge in [0.1, 0.15) is 0 Å². The Morgan fingerprint density at radius 1 is 1.05 bits per heavy atom. The van der Waals surface area contributed by atoms with E-state index in [-0.39, 0.29) is 11.3 Å². The van der Waals surface area contributed by atoms with Gasteiger partial charge >= 0.3 is 6.18 Å². The summed E-state index contributed by atoms with van der Waals surface area (Å²) < 4.78 is 36.0. The summed E-state index contributed by atoms with van der Waals surface area (Å²) in [4.78, 5) is 0.878. The number of rotatable bonds is 5. The molecule has 0 saturated heterocycles. The van der Waals surface area contributed by atoms with Gasteiger partial charge in [-0.15, -0.1) is 11.8 Å². The molecule has 1 rings (SSSR count). The molecule has 0 aliphatic heterocycles. The zero-order chi connectivity index (χ0) is 14.5. The quantitative estimate of drug-likeness (QED) is 0.794. The predicted octanol–water partition coefficient (Wildman–Crippen LogP) is 4.62. The van der Waals surface area contributed by atoms with E-state index in [1.165, 1.54) is 11.8 Å². The lowest BCUT2D eigenvalue weighted by Gasteiger charge is -2.20. The van der Waals surface area contributed by atoms with Crippen LogP contribution in [0.25, 0.3) is 0 Å². The van der Waals surface area contributed by atoms with Crippen LogP contribution in [0.1, 0.15) is 32.8 Å². The first-order valence-electron chi connectivity index (χ1n) is 6.19. The fourth-order valence-corrected chi connectivity index (χ4v) is 2.25. The molecular formula is C14H20F3NS. The first-order chi connectivity index (χ1) is 8.66. The van der Waals surface area contributed by atoms with Gasteiger partial charge in [0, 0.05) is 22.7 Å². The second-order valence-corrected chi connectivity index (χ2v) is 6.63. The van der Waals surface area contributed by atoms with Crippen LogP contribution < -0.4 is 5.32 Å². The largest absolute Gasteiger partial charge is 0.389 e. The van der Waals surface area contributed by atoms with E-state index in [1.807, 2.05) is 24.3 Å². The molecule has 5 heteroatoms. The lowest BCUT2D eigenvalue weighted by atomic mass is 10.1. The Balaban J connectivity index is 2.39. The molecule has 0 spiro atoms. The minimum atomic E-state index is -4.07. The predicted molar refractivity (Wildman–Crippen MR) is 74.4 cm³/mol. The third kappa shape index (κ3) is 8.16. The molecule has 108 valence electrons. The molecule has 0 aromatic heterocycles. The highest BCUT2D eigenvalue weighted by molar-refractivity contribution is 7.99. The fourth-order valence-electron chi connectivity index (χ4n) is 1.36. The van der Waals surface area contributed by atoms with Crippen LogP contribution in [0.4, 0.5) is 13.2 Å². The van der Waals surface area contributed by atoms with Crippen molar-refractivity contribution >= 4 is 11.8 Å². The Hall–Kier alpha value is -0.680. The monoisotopic (exact) mass is 291 g/mol. The van der Waals surface area contributed by atoms with Crippen molar-refractivity contribution in [3.63, 3.8) is 0 Å². The van der Waals surface area contributed by atoms with Crippen molar-refractivity contribution in [2.75, 3.05) is 5.75 Å². The topological polar surface area (TPSA) is 12.0 Å². The van der Waals surface area contributed by atoms with Crippen molar-refractivity contribution in [1.29, 1.82) is 0 Å². The number of halogens is 3. The normalized spacial score (nSPS) is 12.7. The Labute approximate surface area is 117 Å². The highest BCUT2D eigenvalue weighted by Gasteiger charge is 2.26. The molecule has 1 nitrogen and oxygen atoms in total. The summed E-state index contributed by atoms with van der Waals surface area (Å²) in [6.07, 6.45) is -4.81. The number of alkyl halides is 3. The lowest BCUT2D eigenvalue weighted by molar-refractivity contribution is -0.129. The van der Waals surface area contributed by atoms with Gasteiger partial charge in [0.15, 0.2) is 0 Å². The second-order valence-electron chi connectivity index (χ2n) is 5.46. The van der Waals surface area contributed by atoms with Crippen LogP contribution in [-0.2, 0) is 6.54 Å². The number of nitrogens with one attached hydrogen (secondary N) is 1. The van der Waals surface area contributed by atoms with E-state index in [4.69, 9.17) is 0 Å². The van der Waals surface area contributed by atoms with Crippen LogP contribution in [0, 0.1) is 0 Å². The maximum Gasteiger partial charge on any atom is 0.389 e. The molecule has 1 aromatic carbocycles. The Morgan fingerprint density at radius 2 is 1.63 bits per heavy atom. The van der Waals surface area contributed by atoms with Crippen molar-refractivity contribution in [2.24, 2.45) is 0 Å². The van der Waals surface area contributed by atoms with Crippen molar-refractivity contribution in [2.45, 2.75) is 50.3 Å². The maximum atomic E-state index is 12.0. The third-order valence-electron chi connectivity index (χ3n) is 2.40. The third-order valence-corrected chi connectivity index (χ3v) is 3.41. The highest BCUT2D eigenvalue weighted by atomic mass is 32.2. The summed E-state index contributed by atoms with van der Waals surface area (Å²) >= 11 is 1.24. The fraction of sp³-hybridized carbons (Fsp3) is 0.571. The van der Waals surface area contributed by atoms with Gasteiger partial charge in [-0.2, -0.15) is 13.2 Å². The molecule has 1 aromatic rings. The van der Waals surface area contributed by atoms with Crippen molar-refractivity contribution in [1.82, 2.24) is 5.32 Å². The molecule has 0 heterocycles. The molecule has 0 aliphatic rings. The summed E-state index contributed by atoms with van der Waals surface area (Å²) in [6, 6.07) is 7.66. The number of thioether (sulfide) groups is 1. The van der Waals surface area contributed by atoms with E-state index in [0.29, 0.717) is 0 Å². The number of hydrogen-bond donors (Lipinski definition) is 1. The second kappa shape index (κ2) is 6.66. The number of hydrogen-bond acceptors (Lipinski definition) is 2. The van der Waals surface area contributed by atoms with Crippen LogP contribution in [0.3, 0.4) is 0 Å². The summed E-state index contributed by atoms with van der Waals surface area (Å²) in [7, 11) is 0. The van der Waals surface area contributed by atoms with Gasteiger partial charge in [-0.25, -0.2) is 0 Å². The van der Waals surface area contributed by atoms with Crippen LogP contribution in [0.2, 0.25) is 0 Å². The lowest BCUT2D eigenvalue weighted by Crippen LogP contribution is -2.35. The maximum absolute atomic E-state index is 12.0. The van der Waals surface area contributed by atoms with E-state index < -0.39 is 12.6 Å². The first-order valence-corrected chi connectivity index (χ1v) is 7.18. The highest BCUT2D eigenvalue weighted by Crippen LogP contribution is 2.26. The summed E-state index contributed by atoms with van der Waals surface area (Å²) in [5, 5.41) is 3.37. The molecule has 1 N–H and O–H groups in total. The van der Waals surface area contributed by atoms with Gasteiger partial charge in [0.05, 0.1) is 6.42 Å². The standard InChI is InChI=1S/C14H20F3NS/c1-13(2,3)18-10-11-4-6-12(7-5-11)19-9-8-14(15,16)17/h4-7,18H,8-10H2,1-3H3. The van der Waals surface area contributed by atoms with E-state index in [9.17, 15) is 13.2 Å². The van der Waals surface area contributed by atoms with Crippen LogP contribution in [0.5, 0.6) is 0 Å². The average Bonchev–Trinajstić information content (AvgIpc) is 2.25. The molecule has 0 saturated carbocycles. The van der Waals surface area contributed by atoms with Gasteiger partial charge in [-0.1, -0.05) is 12.1 Å². The Kier molecular flexibility index (Phi) is 5.74. The van der Waals surface area contributed by atoms with E-state index >= 15 is 0 Å². The van der Waals surface area contributed by atoms with E-state index in [2.05, 4.69) is 26.1 Å². The molecular weight excluding hydrogens is 271 g/mol. The smallest absolute Gasteiger partial charge is 0.308 e. The molecule has 0 atom stereocenters. The summed E-state index contributed by atoms with van der Waals surface area (Å²) in [5.41, 5.74) is 1.19. The molecule has 0 amide bonds. The average molecular weight is 291 g/mol. The Bertz CT molecular complexity index is 379. The van der Waals surface area contributed by atoms with Crippen molar-refractivity contribution in [3.05, 3.63) is 29.8 Å². The van der Waals surface area contributed by atoms with Gasteiger partial charge in [0.25, 0.3) is 0 Å². The molecule has 0 fully saturated rings. The molecule has 0 aliphatic carbocycles. The summed E-state index contributed by atoms with van der Waals surface area (Å²) in [6.45, 7) is 7.04. The molecule has 0 bridgehead atoms. The number of benzene rings is 1. The van der Waals surface area contributed by atoms with Gasteiger partial charge in [0.2, 0.25) is 0 Å². The van der Waals surface area contributed by atoms with Crippen LogP contribution in [0.15, 0.2) is 29.2 Å². The van der Waals surface area contributed by atoms with Crippen LogP contribution in [-0.4, -0.2) is 17.5 Å². The minimum Gasteiger partial charge on any atom is -0.308 e. The van der Waals surface area contributed by atoms with E-state index in [0.717, 1.165) is 17.0 Å². The van der Waals surface area contributed by atoms with Crippen molar-refractivity contribution < 1.29 is 13.2 Å². The molecule has 0 radical (unpaired) electrons. The van der Waals surface area contributed by atoms with Gasteiger partial charge in [-0.3, -0.25) is 0 Å². The SMILES string of the molecule is CC(C)(C)NCc1ccc(SCCC(F)(F)F)cc1. The van der Waals surface area contributed by atoms with Gasteiger partial charge in [-0.05, 0) is 38.5 Å². The van der Waals surface area contributed by atoms with Gasteiger partial charge < -0.3 is 5.32 Å². The Morgan fingerprint density at radius 3 is 2.11 bits per heavy atom. The molecule has 0 unspecified atom stereocenters. The van der Waals surface area contributed by atoms with Crippen molar-refractivity contribution in [3.8, 4) is 0 Å². The molecule has 19 heavy (non-hydrogen) atoms. The van der Waals surface area contributed by atoms with Crippen LogP contribution >= 0.6 is 11.8 Å². The zero-order valence-corrected chi connectivity index (χ0v) is 12.3. The summed E-state index contributed by atoms with van der Waals surface area (Å²) in [5.74, 6) is 0.0725. The minimum absolute atomic E-state index is 0.0557. The first kappa shape index (κ1) is 16.4. The zero-order valence-electron chi connectivity index (χ0n) is 11.5. The van der Waals surface area contributed by atoms with E-state index in [1.54, 1.807) is 0 Å².